The molecule has 2 amide bonds. The number of benzene rings is 1. The van der Waals surface area contributed by atoms with Crippen molar-refractivity contribution >= 4 is 39.0 Å². The third kappa shape index (κ3) is 5.23. The number of hydrogen-bond donors (Lipinski definition) is 3. The minimum Gasteiger partial charge on any atom is -0.358 e. The zero-order chi connectivity index (χ0) is 24.6. The van der Waals surface area contributed by atoms with Crippen LogP contribution in [0.1, 0.15) is 45.7 Å². The Labute approximate surface area is 198 Å². The summed E-state index contributed by atoms with van der Waals surface area (Å²) in [5.74, 6) is -0.796. The highest BCUT2D eigenvalue weighted by molar-refractivity contribution is 7.90. The van der Waals surface area contributed by atoms with Gasteiger partial charge in [0.05, 0.1) is 16.9 Å². The van der Waals surface area contributed by atoms with Crippen molar-refractivity contribution in [1.82, 2.24) is 15.2 Å². The quantitative estimate of drug-likeness (QED) is 0.541. The molecule has 2 aromatic rings. The lowest BCUT2D eigenvalue weighted by molar-refractivity contribution is -0.110. The summed E-state index contributed by atoms with van der Waals surface area (Å²) in [6, 6.07) is 4.15. The number of anilines is 1. The summed E-state index contributed by atoms with van der Waals surface area (Å²) in [6.45, 7) is 5.59. The van der Waals surface area contributed by atoms with Crippen molar-refractivity contribution in [3.63, 3.8) is 0 Å². The van der Waals surface area contributed by atoms with Crippen LogP contribution in [0.15, 0.2) is 18.2 Å². The summed E-state index contributed by atoms with van der Waals surface area (Å²) in [6.07, 6.45) is 4.39. The number of hydrogen-bond acceptors (Lipinski definition) is 5. The largest absolute Gasteiger partial charge is 0.358 e. The number of H-pyrrole nitrogens is 1. The number of sulfone groups is 1. The van der Waals surface area contributed by atoms with E-state index in [1.165, 1.54) is 24.5 Å². The number of aromatic nitrogens is 1. The Morgan fingerprint density at radius 2 is 1.97 bits per heavy atom. The first-order valence-corrected chi connectivity index (χ1v) is 13.3. The molecular weight excluding hydrogens is 459 g/mol. The molecule has 0 saturated carbocycles. The molecule has 1 aromatic heterocycles. The lowest BCUT2D eigenvalue weighted by Gasteiger charge is -2.32. The molecule has 3 heterocycles. The number of aryl methyl sites for hydroxylation is 1. The average molecular weight is 489 g/mol. The van der Waals surface area contributed by atoms with E-state index in [-0.39, 0.29) is 23.6 Å². The van der Waals surface area contributed by atoms with Crippen LogP contribution in [0.25, 0.3) is 11.6 Å². The monoisotopic (exact) mass is 488 g/mol. The number of amides is 2. The van der Waals surface area contributed by atoms with Gasteiger partial charge >= 0.3 is 0 Å². The Morgan fingerprint density at radius 3 is 2.65 bits per heavy atom. The molecule has 0 aliphatic carbocycles. The van der Waals surface area contributed by atoms with Crippen molar-refractivity contribution in [3.8, 4) is 0 Å². The highest BCUT2D eigenvalue weighted by Gasteiger charge is 2.27. The fraction of sp³-hybridized carbons (Fsp3) is 0.417. The van der Waals surface area contributed by atoms with Crippen LogP contribution in [-0.2, 0) is 14.6 Å². The Kier molecular flexibility index (Phi) is 6.64. The molecule has 0 radical (unpaired) electrons. The fourth-order valence-electron chi connectivity index (χ4n) is 4.56. The van der Waals surface area contributed by atoms with E-state index in [0.717, 1.165) is 25.9 Å². The van der Waals surface area contributed by atoms with Crippen molar-refractivity contribution in [2.45, 2.75) is 32.7 Å². The Morgan fingerprint density at radius 1 is 1.26 bits per heavy atom. The van der Waals surface area contributed by atoms with Crippen molar-refractivity contribution in [1.29, 1.82) is 0 Å². The van der Waals surface area contributed by atoms with Gasteiger partial charge in [0.25, 0.3) is 11.8 Å². The molecule has 4 rings (SSSR count). The molecule has 182 valence electrons. The first-order valence-electron chi connectivity index (χ1n) is 11.2. The Bertz CT molecular complexity index is 1270. The van der Waals surface area contributed by atoms with Gasteiger partial charge in [-0.25, -0.2) is 12.8 Å². The zero-order valence-electron chi connectivity index (χ0n) is 19.5. The number of carbonyl (C=O) groups is 2. The molecular formula is C24H29FN4O4S. The van der Waals surface area contributed by atoms with Gasteiger partial charge in [0.2, 0.25) is 0 Å². The molecule has 0 spiro atoms. The Balaban J connectivity index is 1.45. The molecule has 8 nitrogen and oxygen atoms in total. The van der Waals surface area contributed by atoms with E-state index >= 15 is 0 Å². The molecule has 10 heteroatoms. The predicted molar refractivity (Wildman–Crippen MR) is 130 cm³/mol. The third-order valence-corrected chi connectivity index (χ3v) is 7.38. The highest BCUT2D eigenvalue weighted by Crippen LogP contribution is 2.34. The second-order valence-corrected chi connectivity index (χ2v) is 11.3. The number of nitrogens with one attached hydrogen (secondary N) is 3. The van der Waals surface area contributed by atoms with Crippen LogP contribution in [-0.4, -0.2) is 67.8 Å². The number of likely N-dealkylation sites (tertiary alicyclic amines) is 1. The van der Waals surface area contributed by atoms with Gasteiger partial charge in [-0.15, -0.1) is 0 Å². The first kappa shape index (κ1) is 24.2. The molecule has 3 N–H and O–H groups in total. The van der Waals surface area contributed by atoms with Crippen LogP contribution in [0.3, 0.4) is 0 Å². The molecule has 2 aliphatic rings. The maximum absolute atomic E-state index is 13.7. The number of piperidine rings is 1. The Hall–Kier alpha value is -2.98. The smallest absolute Gasteiger partial charge is 0.256 e. The SMILES string of the molecule is Cc1[nH]c(C=C2C(=O)Nc3ccc(F)cc32)c(C)c1C(=O)NC1CCN(CCS(C)(=O)=O)CC1. The van der Waals surface area contributed by atoms with Gasteiger partial charge in [0.15, 0.2) is 0 Å². The number of carbonyl (C=O) groups excluding carboxylic acids is 2. The van der Waals surface area contributed by atoms with Gasteiger partial charge in [-0.1, -0.05) is 0 Å². The molecule has 0 unspecified atom stereocenters. The summed E-state index contributed by atoms with van der Waals surface area (Å²) >= 11 is 0. The molecule has 1 fully saturated rings. The minimum atomic E-state index is -2.99. The van der Waals surface area contributed by atoms with Crippen LogP contribution in [0.5, 0.6) is 0 Å². The van der Waals surface area contributed by atoms with Crippen molar-refractivity contribution in [2.75, 3.05) is 37.0 Å². The normalized spacial score (nSPS) is 18.2. The van der Waals surface area contributed by atoms with Crippen molar-refractivity contribution in [2.24, 2.45) is 0 Å². The number of rotatable bonds is 6. The van der Waals surface area contributed by atoms with Crippen LogP contribution >= 0.6 is 0 Å². The van der Waals surface area contributed by atoms with Gasteiger partial charge in [-0.2, -0.15) is 0 Å². The third-order valence-electron chi connectivity index (χ3n) is 6.46. The molecule has 1 saturated heterocycles. The van der Waals surface area contributed by atoms with E-state index in [9.17, 15) is 22.4 Å². The fourth-order valence-corrected chi connectivity index (χ4v) is 5.15. The predicted octanol–water partition coefficient (Wildman–Crippen LogP) is 2.50. The highest BCUT2D eigenvalue weighted by atomic mass is 32.2. The van der Waals surface area contributed by atoms with Gasteiger partial charge in [-0.05, 0) is 56.5 Å². The molecule has 34 heavy (non-hydrogen) atoms. The minimum absolute atomic E-state index is 0.00736. The van der Waals surface area contributed by atoms with E-state index in [2.05, 4.69) is 20.5 Å². The number of aromatic amines is 1. The van der Waals surface area contributed by atoms with E-state index in [1.807, 2.05) is 6.92 Å². The molecule has 0 atom stereocenters. The number of nitrogens with zero attached hydrogens (tertiary/aromatic N) is 1. The average Bonchev–Trinajstić information content (AvgIpc) is 3.22. The topological polar surface area (TPSA) is 111 Å². The van der Waals surface area contributed by atoms with Gasteiger partial charge in [-0.3, -0.25) is 9.59 Å². The summed E-state index contributed by atoms with van der Waals surface area (Å²) in [7, 11) is -2.99. The van der Waals surface area contributed by atoms with Crippen molar-refractivity contribution < 1.29 is 22.4 Å². The standard InChI is InChI=1S/C24H29FN4O4S/c1-14-21(13-19-18-12-16(25)4-5-20(18)28-23(19)30)26-15(2)22(14)24(31)27-17-6-8-29(9-7-17)10-11-34(3,32)33/h4-5,12-13,17,26H,6-11H2,1-3H3,(H,27,31)(H,28,30). The van der Waals surface area contributed by atoms with E-state index in [0.29, 0.717) is 45.9 Å². The van der Waals surface area contributed by atoms with Gasteiger partial charge < -0.3 is 20.5 Å². The van der Waals surface area contributed by atoms with E-state index in [4.69, 9.17) is 0 Å². The van der Waals surface area contributed by atoms with Gasteiger partial charge in [0.1, 0.15) is 15.7 Å². The molecule has 1 aromatic carbocycles. The summed E-state index contributed by atoms with van der Waals surface area (Å²) in [5.41, 5.74) is 3.94. The van der Waals surface area contributed by atoms with Crippen LogP contribution in [0, 0.1) is 19.7 Å². The van der Waals surface area contributed by atoms with Crippen molar-refractivity contribution in [3.05, 3.63) is 52.1 Å². The van der Waals surface area contributed by atoms with Crippen LogP contribution in [0.4, 0.5) is 10.1 Å². The maximum atomic E-state index is 13.7. The summed E-state index contributed by atoms with van der Waals surface area (Å²) < 4.78 is 36.5. The second kappa shape index (κ2) is 9.34. The summed E-state index contributed by atoms with van der Waals surface area (Å²) in [5, 5.41) is 5.82. The van der Waals surface area contributed by atoms with Gasteiger partial charge in [0, 0.05) is 54.6 Å². The maximum Gasteiger partial charge on any atom is 0.256 e. The molecule has 2 aliphatic heterocycles. The lowest BCUT2D eigenvalue weighted by atomic mass is 10.0. The second-order valence-electron chi connectivity index (χ2n) is 9.08. The number of halogens is 1. The van der Waals surface area contributed by atoms with Crippen LogP contribution < -0.4 is 10.6 Å². The molecule has 0 bridgehead atoms. The van der Waals surface area contributed by atoms with E-state index in [1.54, 1.807) is 13.0 Å². The lowest BCUT2D eigenvalue weighted by Crippen LogP contribution is -2.45. The van der Waals surface area contributed by atoms with Crippen LogP contribution in [0.2, 0.25) is 0 Å². The zero-order valence-corrected chi connectivity index (χ0v) is 20.3. The van der Waals surface area contributed by atoms with E-state index < -0.39 is 15.7 Å². The summed E-state index contributed by atoms with van der Waals surface area (Å²) in [4.78, 5) is 30.8. The first-order chi connectivity index (χ1) is 16.0. The number of fused-ring (bicyclic) bond motifs is 1.